The topological polar surface area (TPSA) is 59.1 Å². The highest BCUT2D eigenvalue weighted by Gasteiger charge is 2.38. The van der Waals surface area contributed by atoms with Gasteiger partial charge in [-0.3, -0.25) is 9.59 Å². The van der Waals surface area contributed by atoms with Crippen LogP contribution in [0.15, 0.2) is 42.5 Å². The molecule has 0 bridgehead atoms. The number of anilines is 1. The van der Waals surface area contributed by atoms with Gasteiger partial charge in [0.05, 0.1) is 23.4 Å². The summed E-state index contributed by atoms with van der Waals surface area (Å²) in [6.07, 6.45) is 0.102. The fraction of sp³-hybridized carbons (Fsp3) is 0.222. The summed E-state index contributed by atoms with van der Waals surface area (Å²) in [5.74, 6) is -0.102. The van der Waals surface area contributed by atoms with E-state index < -0.39 is 0 Å². The van der Waals surface area contributed by atoms with Crippen LogP contribution in [-0.4, -0.2) is 31.1 Å². The number of para-hydroxylation sites is 1. The van der Waals surface area contributed by atoms with Crippen molar-refractivity contribution in [3.63, 3.8) is 0 Å². The van der Waals surface area contributed by atoms with Crippen LogP contribution in [0.25, 0.3) is 0 Å². The molecule has 1 unspecified atom stereocenters. The lowest BCUT2D eigenvalue weighted by molar-refractivity contribution is 0.0924. The summed E-state index contributed by atoms with van der Waals surface area (Å²) in [6.45, 7) is 2.97. The van der Waals surface area contributed by atoms with Gasteiger partial charge < -0.3 is 9.47 Å². The van der Waals surface area contributed by atoms with E-state index in [1.165, 1.54) is 4.90 Å². The number of rotatable bonds is 4. The van der Waals surface area contributed by atoms with Crippen LogP contribution < -0.4 is 9.64 Å². The Kier molecular flexibility index (Phi) is 3.16. The van der Waals surface area contributed by atoms with Gasteiger partial charge in [-0.15, -0.1) is 0 Å². The van der Waals surface area contributed by atoms with Crippen molar-refractivity contribution >= 4 is 17.5 Å². The van der Waals surface area contributed by atoms with E-state index >= 15 is 0 Å². The number of carbonyl (C=O) groups excluding carboxylic acids is 2. The van der Waals surface area contributed by atoms with Crippen molar-refractivity contribution in [1.82, 2.24) is 0 Å². The first kappa shape index (κ1) is 14.0. The van der Waals surface area contributed by atoms with Crippen LogP contribution in [0.5, 0.6) is 5.75 Å². The smallest absolute Gasteiger partial charge is 0.266 e. The number of nitrogens with zero attached hydrogens (tertiary/aromatic N) is 1. The predicted molar refractivity (Wildman–Crippen MR) is 84.0 cm³/mol. The lowest BCUT2D eigenvalue weighted by Crippen LogP contribution is -2.30. The molecule has 0 saturated carbocycles. The molecule has 2 heterocycles. The maximum absolute atomic E-state index is 12.7. The molecule has 0 radical (unpaired) electrons. The standard InChI is InChI=1S/C18H15NO4/c1-11-5-4-8-15(23-10-12-9-22-12)16(11)19-17(20)13-6-2-3-7-14(13)18(19)21/h2-8,12H,9-10H2,1H3. The first-order valence-corrected chi connectivity index (χ1v) is 7.48. The van der Waals surface area contributed by atoms with Crippen molar-refractivity contribution in [2.75, 3.05) is 18.1 Å². The fourth-order valence-corrected chi connectivity index (χ4v) is 2.77. The Bertz CT molecular complexity index is 775. The van der Waals surface area contributed by atoms with Gasteiger partial charge in [-0.25, -0.2) is 4.90 Å². The highest BCUT2D eigenvalue weighted by Crippen LogP contribution is 2.37. The van der Waals surface area contributed by atoms with Crippen molar-refractivity contribution in [3.05, 3.63) is 59.2 Å². The van der Waals surface area contributed by atoms with Gasteiger partial charge in [0, 0.05) is 0 Å². The van der Waals surface area contributed by atoms with Crippen molar-refractivity contribution in [2.45, 2.75) is 13.0 Å². The predicted octanol–water partition coefficient (Wildman–Crippen LogP) is 2.57. The Labute approximate surface area is 133 Å². The number of aryl methyl sites for hydroxylation is 1. The van der Waals surface area contributed by atoms with E-state index in [1.54, 1.807) is 30.3 Å². The Morgan fingerprint density at radius 2 is 1.74 bits per heavy atom. The number of hydrogen-bond donors (Lipinski definition) is 0. The zero-order valence-electron chi connectivity index (χ0n) is 12.6. The van der Waals surface area contributed by atoms with Crippen LogP contribution in [0.3, 0.4) is 0 Å². The van der Waals surface area contributed by atoms with E-state index in [4.69, 9.17) is 9.47 Å². The van der Waals surface area contributed by atoms with Gasteiger partial charge in [-0.1, -0.05) is 24.3 Å². The van der Waals surface area contributed by atoms with Crippen LogP contribution in [0, 0.1) is 6.92 Å². The number of benzene rings is 2. The first-order chi connectivity index (χ1) is 11.2. The van der Waals surface area contributed by atoms with Gasteiger partial charge in [0.1, 0.15) is 18.5 Å². The van der Waals surface area contributed by atoms with Gasteiger partial charge in [0.15, 0.2) is 0 Å². The maximum Gasteiger partial charge on any atom is 0.266 e. The number of carbonyl (C=O) groups is 2. The number of epoxide rings is 1. The minimum atomic E-state index is -0.313. The molecular weight excluding hydrogens is 294 g/mol. The average Bonchev–Trinajstić information content (AvgIpc) is 3.35. The molecule has 4 rings (SSSR count). The second kappa shape index (κ2) is 5.21. The molecule has 1 atom stereocenters. The van der Waals surface area contributed by atoms with Crippen molar-refractivity contribution in [1.29, 1.82) is 0 Å². The highest BCUT2D eigenvalue weighted by molar-refractivity contribution is 6.35. The Balaban J connectivity index is 1.76. The second-order valence-electron chi connectivity index (χ2n) is 5.68. The number of ether oxygens (including phenoxy) is 2. The van der Waals surface area contributed by atoms with Crippen LogP contribution in [-0.2, 0) is 4.74 Å². The lowest BCUT2D eigenvalue weighted by atomic mass is 10.1. The number of fused-ring (bicyclic) bond motifs is 1. The van der Waals surface area contributed by atoms with Gasteiger partial charge >= 0.3 is 0 Å². The van der Waals surface area contributed by atoms with Gasteiger partial charge in [-0.2, -0.15) is 0 Å². The third kappa shape index (κ3) is 2.29. The Morgan fingerprint density at radius 3 is 2.35 bits per heavy atom. The Hall–Kier alpha value is -2.66. The van der Waals surface area contributed by atoms with Crippen LogP contribution in [0.2, 0.25) is 0 Å². The fourth-order valence-electron chi connectivity index (χ4n) is 2.77. The third-order valence-corrected chi connectivity index (χ3v) is 4.05. The number of amides is 2. The SMILES string of the molecule is Cc1cccc(OCC2CO2)c1N1C(=O)c2ccccc2C1=O. The number of imide groups is 1. The highest BCUT2D eigenvalue weighted by atomic mass is 16.6. The van der Waals surface area contributed by atoms with Crippen LogP contribution >= 0.6 is 0 Å². The largest absolute Gasteiger partial charge is 0.489 e. The van der Waals surface area contributed by atoms with E-state index in [0.717, 1.165) is 5.56 Å². The third-order valence-electron chi connectivity index (χ3n) is 4.05. The van der Waals surface area contributed by atoms with Gasteiger partial charge in [-0.05, 0) is 30.7 Å². The average molecular weight is 309 g/mol. The molecule has 2 aliphatic heterocycles. The normalized spacial score (nSPS) is 19.0. The Morgan fingerprint density at radius 1 is 1.09 bits per heavy atom. The molecule has 0 N–H and O–H groups in total. The molecule has 1 fully saturated rings. The molecule has 116 valence electrons. The molecule has 2 aliphatic rings. The van der Waals surface area contributed by atoms with Crippen LogP contribution in [0.1, 0.15) is 26.3 Å². The monoisotopic (exact) mass is 309 g/mol. The molecule has 5 nitrogen and oxygen atoms in total. The van der Waals surface area contributed by atoms with Crippen molar-refractivity contribution in [3.8, 4) is 5.75 Å². The summed E-state index contributed by atoms with van der Waals surface area (Å²) in [5, 5.41) is 0. The molecule has 1 saturated heterocycles. The maximum atomic E-state index is 12.7. The molecule has 2 amide bonds. The summed E-state index contributed by atoms with van der Waals surface area (Å²) < 4.78 is 10.9. The quantitative estimate of drug-likeness (QED) is 0.643. The molecule has 2 aromatic carbocycles. The lowest BCUT2D eigenvalue weighted by Gasteiger charge is -2.20. The van der Waals surface area contributed by atoms with E-state index in [0.29, 0.717) is 35.8 Å². The van der Waals surface area contributed by atoms with Gasteiger partial charge in [0.25, 0.3) is 11.8 Å². The number of hydrogen-bond acceptors (Lipinski definition) is 4. The second-order valence-corrected chi connectivity index (χ2v) is 5.68. The van der Waals surface area contributed by atoms with Gasteiger partial charge in [0.2, 0.25) is 0 Å². The summed E-state index contributed by atoms with van der Waals surface area (Å²) in [4.78, 5) is 26.6. The minimum absolute atomic E-state index is 0.102. The molecule has 0 aromatic heterocycles. The summed E-state index contributed by atoms with van der Waals surface area (Å²) in [5.41, 5.74) is 2.18. The van der Waals surface area contributed by atoms with Crippen molar-refractivity contribution < 1.29 is 19.1 Å². The van der Waals surface area contributed by atoms with Crippen LogP contribution in [0.4, 0.5) is 5.69 Å². The molecule has 5 heteroatoms. The first-order valence-electron chi connectivity index (χ1n) is 7.48. The van der Waals surface area contributed by atoms with Crippen molar-refractivity contribution in [2.24, 2.45) is 0 Å². The summed E-state index contributed by atoms with van der Waals surface area (Å²) >= 11 is 0. The molecule has 0 aliphatic carbocycles. The molecule has 2 aromatic rings. The zero-order chi connectivity index (χ0) is 16.0. The van der Waals surface area contributed by atoms with E-state index in [2.05, 4.69) is 0 Å². The van der Waals surface area contributed by atoms with E-state index in [9.17, 15) is 9.59 Å². The molecule has 0 spiro atoms. The zero-order valence-corrected chi connectivity index (χ0v) is 12.6. The molecular formula is C18H15NO4. The summed E-state index contributed by atoms with van der Waals surface area (Å²) in [6, 6.07) is 12.3. The molecule has 23 heavy (non-hydrogen) atoms. The minimum Gasteiger partial charge on any atom is -0.489 e. The van der Waals surface area contributed by atoms with E-state index in [-0.39, 0.29) is 17.9 Å². The summed E-state index contributed by atoms with van der Waals surface area (Å²) in [7, 11) is 0. The van der Waals surface area contributed by atoms with E-state index in [1.807, 2.05) is 19.1 Å².